The fourth-order valence-electron chi connectivity index (χ4n) is 3.18. The van der Waals surface area contributed by atoms with Crippen LogP contribution in [0.5, 0.6) is 0 Å². The summed E-state index contributed by atoms with van der Waals surface area (Å²) in [5, 5.41) is 10.5. The van der Waals surface area contributed by atoms with Crippen molar-refractivity contribution in [1.29, 1.82) is 0 Å². The van der Waals surface area contributed by atoms with Crippen LogP contribution in [-0.2, 0) is 31.6 Å². The number of halogens is 1. The van der Waals surface area contributed by atoms with Crippen molar-refractivity contribution in [3.63, 3.8) is 0 Å². The number of aliphatic hydroxyl groups is 1. The molecule has 0 bridgehead atoms. The van der Waals surface area contributed by atoms with E-state index in [4.69, 9.17) is 26.7 Å². The molecular weight excluding hydrogens is 546 g/mol. The van der Waals surface area contributed by atoms with E-state index < -0.39 is 59.2 Å². The maximum absolute atomic E-state index is 15.7. The molecule has 3 unspecified atom stereocenters. The average molecular weight is 563 g/mol. The topological polar surface area (TPSA) is 279 Å². The van der Waals surface area contributed by atoms with Crippen LogP contribution in [0.1, 0.15) is 13.2 Å². The van der Waals surface area contributed by atoms with Crippen LogP contribution in [0.4, 0.5) is 10.3 Å². The first-order chi connectivity index (χ1) is 15.9. The number of nitrogens with two attached hydrogens (primary N) is 1. The molecule has 0 aromatic carbocycles. The van der Waals surface area contributed by atoms with Crippen molar-refractivity contribution in [3.05, 3.63) is 16.7 Å². The Hall–Kier alpha value is -2.03. The molecule has 3 heterocycles. The first-order valence-electron chi connectivity index (χ1n) is 8.94. The van der Waals surface area contributed by atoms with Crippen molar-refractivity contribution < 1.29 is 60.6 Å². The fraction of sp³-hybridized carbons (Fsp3) is 0.462. The molecule has 1 aliphatic rings. The molecule has 35 heavy (non-hydrogen) atoms. The Kier molecular flexibility index (Phi) is 7.18. The van der Waals surface area contributed by atoms with E-state index in [-0.39, 0.29) is 17.1 Å². The number of nitrogen functional groups attached to an aromatic ring is 1. The molecule has 0 aliphatic carbocycles. The third-order valence-electron chi connectivity index (χ3n) is 4.49. The minimum absolute atomic E-state index is 0.290. The highest BCUT2D eigenvalue weighted by Crippen LogP contribution is 2.66. The Bertz CT molecular complexity index is 1390. The molecule has 0 saturated carbocycles. The highest BCUT2D eigenvalue weighted by atomic mass is 31.3. The number of hydrogen-bond acceptors (Lipinski definition) is 12. The number of alkyl halides is 1. The number of aromatic nitrogens is 4. The van der Waals surface area contributed by atoms with Gasteiger partial charge in [0, 0.05) is 0 Å². The first-order valence-corrected chi connectivity index (χ1v) is 13.5. The molecular formula is C13H17FN5O13P3. The number of ether oxygens (including phenoxy) is 1. The third kappa shape index (κ3) is 5.70. The quantitative estimate of drug-likeness (QED) is 0.150. The Morgan fingerprint density at radius 2 is 1.94 bits per heavy atom. The molecule has 1 aliphatic heterocycles. The zero-order chi connectivity index (χ0) is 26.6. The van der Waals surface area contributed by atoms with Crippen LogP contribution >= 0.6 is 23.5 Å². The molecule has 194 valence electrons. The first kappa shape index (κ1) is 27.6. The number of nitrogens with zero attached hydrogens (tertiary/aromatic N) is 3. The van der Waals surface area contributed by atoms with Gasteiger partial charge in [0.1, 0.15) is 12.2 Å². The number of terminal acetylenes is 1. The van der Waals surface area contributed by atoms with Crippen LogP contribution in [-0.4, -0.2) is 68.2 Å². The smallest absolute Gasteiger partial charge is 0.386 e. The number of anilines is 1. The predicted octanol–water partition coefficient (Wildman–Crippen LogP) is -0.967. The lowest BCUT2D eigenvalue weighted by Crippen LogP contribution is -2.44. The lowest BCUT2D eigenvalue weighted by Gasteiger charge is -2.25. The van der Waals surface area contributed by atoms with Gasteiger partial charge in [0.2, 0.25) is 11.6 Å². The fourth-order valence-corrected chi connectivity index (χ4v) is 6.38. The maximum Gasteiger partial charge on any atom is 0.490 e. The minimum atomic E-state index is -5.83. The molecule has 2 aromatic heterocycles. The number of hydrogen-bond donors (Lipinski definition) is 7. The van der Waals surface area contributed by atoms with E-state index in [2.05, 4.69) is 28.1 Å². The predicted molar refractivity (Wildman–Crippen MR) is 110 cm³/mol. The van der Waals surface area contributed by atoms with Crippen molar-refractivity contribution in [2.24, 2.45) is 0 Å². The van der Waals surface area contributed by atoms with Crippen molar-refractivity contribution >= 4 is 40.6 Å². The largest absolute Gasteiger partial charge is 0.490 e. The maximum atomic E-state index is 15.7. The van der Waals surface area contributed by atoms with Crippen LogP contribution in [0.2, 0.25) is 0 Å². The van der Waals surface area contributed by atoms with Gasteiger partial charge in [-0.15, -0.1) is 6.42 Å². The van der Waals surface area contributed by atoms with Gasteiger partial charge in [0.15, 0.2) is 17.4 Å². The number of nitrogens with one attached hydrogen (secondary N) is 1. The van der Waals surface area contributed by atoms with Gasteiger partial charge in [-0.3, -0.25) is 18.9 Å². The summed E-state index contributed by atoms with van der Waals surface area (Å²) in [4.78, 5) is 57.8. The van der Waals surface area contributed by atoms with Gasteiger partial charge in [0.25, 0.3) is 5.56 Å². The van der Waals surface area contributed by atoms with Gasteiger partial charge in [-0.25, -0.2) is 23.1 Å². The van der Waals surface area contributed by atoms with Gasteiger partial charge in [-0.1, -0.05) is 5.92 Å². The van der Waals surface area contributed by atoms with Gasteiger partial charge >= 0.3 is 23.5 Å². The van der Waals surface area contributed by atoms with Gasteiger partial charge in [-0.2, -0.15) is 13.6 Å². The minimum Gasteiger partial charge on any atom is -0.386 e. The lowest BCUT2D eigenvalue weighted by atomic mass is 9.95. The zero-order valence-corrected chi connectivity index (χ0v) is 19.8. The SMILES string of the molecule is C#CC1(F)[C@@H](O)[C@@H]([C@H](C)OP(=O)(O)OP(=O)(O)OP(=O)(O)O)O[C@H]1n1cnc2c(=O)[nH]c(N)nc21. The number of H-pyrrole nitrogens is 1. The molecule has 0 amide bonds. The number of aliphatic hydroxyl groups excluding tert-OH is 1. The summed E-state index contributed by atoms with van der Waals surface area (Å²) < 4.78 is 67.9. The lowest BCUT2D eigenvalue weighted by molar-refractivity contribution is -0.0754. The summed E-state index contributed by atoms with van der Waals surface area (Å²) in [6, 6.07) is 0. The van der Waals surface area contributed by atoms with E-state index in [1.807, 2.05) is 0 Å². The normalized spacial score (nSPS) is 29.4. The molecule has 0 radical (unpaired) electrons. The van der Waals surface area contributed by atoms with E-state index in [9.17, 15) is 33.4 Å². The van der Waals surface area contributed by atoms with Gasteiger partial charge in [-0.05, 0) is 6.92 Å². The molecule has 22 heteroatoms. The molecule has 18 nitrogen and oxygen atoms in total. The van der Waals surface area contributed by atoms with E-state index in [1.165, 1.54) is 0 Å². The number of aromatic amines is 1. The monoisotopic (exact) mass is 563 g/mol. The second kappa shape index (κ2) is 9.12. The summed E-state index contributed by atoms with van der Waals surface area (Å²) in [5.74, 6) is 1.32. The highest BCUT2D eigenvalue weighted by Gasteiger charge is 2.60. The van der Waals surface area contributed by atoms with Crippen molar-refractivity contribution in [1.82, 2.24) is 19.5 Å². The molecule has 1 fully saturated rings. The number of phosphoric ester groups is 1. The molecule has 0 spiro atoms. The Labute approximate surface area is 193 Å². The van der Waals surface area contributed by atoms with Crippen molar-refractivity contribution in [3.8, 4) is 12.3 Å². The number of fused-ring (bicyclic) bond motifs is 1. The molecule has 1 saturated heterocycles. The van der Waals surface area contributed by atoms with E-state index in [0.29, 0.717) is 0 Å². The summed E-state index contributed by atoms with van der Waals surface area (Å²) in [5.41, 5.74) is 1.06. The van der Waals surface area contributed by atoms with Crippen LogP contribution < -0.4 is 11.3 Å². The highest BCUT2D eigenvalue weighted by molar-refractivity contribution is 7.66. The van der Waals surface area contributed by atoms with Crippen LogP contribution in [0.25, 0.3) is 11.2 Å². The Balaban J connectivity index is 1.89. The molecule has 2 aromatic rings. The number of phosphoric acid groups is 3. The van der Waals surface area contributed by atoms with Crippen molar-refractivity contribution in [2.45, 2.75) is 37.1 Å². The Morgan fingerprint density at radius 3 is 2.51 bits per heavy atom. The zero-order valence-electron chi connectivity index (χ0n) is 17.1. The molecule has 7 atom stereocenters. The number of imidazole rings is 1. The van der Waals surface area contributed by atoms with Crippen LogP contribution in [0.15, 0.2) is 11.1 Å². The summed E-state index contributed by atoms with van der Waals surface area (Å²) in [6.07, 6.45) is -1.72. The van der Waals surface area contributed by atoms with Gasteiger partial charge < -0.3 is 35.2 Å². The number of rotatable bonds is 8. The average Bonchev–Trinajstić information content (AvgIpc) is 3.18. The summed E-state index contributed by atoms with van der Waals surface area (Å²) >= 11 is 0. The van der Waals surface area contributed by atoms with Crippen LogP contribution in [0, 0.1) is 12.3 Å². The van der Waals surface area contributed by atoms with E-state index in [0.717, 1.165) is 17.8 Å². The summed E-state index contributed by atoms with van der Waals surface area (Å²) in [7, 11) is -17.1. The van der Waals surface area contributed by atoms with E-state index in [1.54, 1.807) is 5.92 Å². The Morgan fingerprint density at radius 1 is 1.31 bits per heavy atom. The standard InChI is InChI=1S/C13H17FN5O13P3/c1-3-13(14)8(20)7(5(2)30-34(25,26)32-35(27,28)31-33(22,23)24)29-11(13)19-4-16-6-9(19)17-12(15)18-10(6)21/h1,4-5,7-8,11,20H,2H3,(H,25,26)(H,27,28)(H2,22,23,24)(H3,15,17,18,21)/t5-,7+,8-,11+,13?/m0/s1. The van der Waals surface area contributed by atoms with E-state index >= 15 is 4.39 Å². The second-order valence-corrected chi connectivity index (χ2v) is 11.4. The summed E-state index contributed by atoms with van der Waals surface area (Å²) in [6.45, 7) is 0.943. The van der Waals surface area contributed by atoms with Crippen LogP contribution in [0.3, 0.4) is 0 Å². The second-order valence-electron chi connectivity index (χ2n) is 6.99. The molecule has 3 rings (SSSR count). The third-order valence-corrected chi connectivity index (χ3v) is 8.42. The van der Waals surface area contributed by atoms with Crippen molar-refractivity contribution in [2.75, 3.05) is 5.73 Å². The molecule has 8 N–H and O–H groups in total. The van der Waals surface area contributed by atoms with Gasteiger partial charge in [0.05, 0.1) is 12.4 Å².